The SMILES string of the molecule is Cc1cccc(N2CC[C@]3(CCC[C@H](CC(=O)c4cccc(F)c4)C3)C2=O)n1. The van der Waals surface area contributed by atoms with Gasteiger partial charge in [0.05, 0.1) is 5.41 Å². The van der Waals surface area contributed by atoms with Gasteiger partial charge in [-0.3, -0.25) is 14.5 Å². The number of amides is 1. The molecule has 1 spiro atoms. The Morgan fingerprint density at radius 3 is 2.86 bits per heavy atom. The zero-order chi connectivity index (χ0) is 19.7. The van der Waals surface area contributed by atoms with Crippen LogP contribution < -0.4 is 4.90 Å². The zero-order valence-corrected chi connectivity index (χ0v) is 16.2. The maximum absolute atomic E-state index is 13.4. The summed E-state index contributed by atoms with van der Waals surface area (Å²) >= 11 is 0. The number of benzene rings is 1. The monoisotopic (exact) mass is 380 g/mol. The summed E-state index contributed by atoms with van der Waals surface area (Å²) < 4.78 is 13.4. The number of aryl methyl sites for hydroxylation is 1. The standard InChI is InChI=1S/C23H25FN2O2/c1-16-5-2-9-21(25-16)26-12-11-23(22(26)28)10-4-6-17(15-23)13-20(27)18-7-3-8-19(24)14-18/h2-3,5,7-9,14,17H,4,6,10-13,15H2,1H3/t17-,23+/m1/s1. The van der Waals surface area contributed by atoms with Gasteiger partial charge < -0.3 is 0 Å². The van der Waals surface area contributed by atoms with Crippen molar-refractivity contribution >= 4 is 17.5 Å². The van der Waals surface area contributed by atoms with Gasteiger partial charge in [-0.25, -0.2) is 9.37 Å². The second-order valence-corrected chi connectivity index (χ2v) is 8.22. The van der Waals surface area contributed by atoms with E-state index in [2.05, 4.69) is 4.98 Å². The van der Waals surface area contributed by atoms with Crippen LogP contribution in [-0.4, -0.2) is 23.2 Å². The number of carbonyl (C=O) groups excluding carboxylic acids is 2. The molecule has 4 nitrogen and oxygen atoms in total. The Morgan fingerprint density at radius 2 is 2.07 bits per heavy atom. The molecule has 28 heavy (non-hydrogen) atoms. The van der Waals surface area contributed by atoms with E-state index in [9.17, 15) is 14.0 Å². The molecular formula is C23H25FN2O2. The number of aromatic nitrogens is 1. The van der Waals surface area contributed by atoms with Crippen LogP contribution in [0.25, 0.3) is 0 Å². The van der Waals surface area contributed by atoms with Crippen LogP contribution in [0.1, 0.15) is 54.6 Å². The fraction of sp³-hybridized carbons (Fsp3) is 0.435. The van der Waals surface area contributed by atoms with Crippen molar-refractivity contribution in [1.29, 1.82) is 0 Å². The van der Waals surface area contributed by atoms with E-state index in [4.69, 9.17) is 0 Å². The van der Waals surface area contributed by atoms with E-state index in [1.807, 2.05) is 30.0 Å². The number of hydrogen-bond donors (Lipinski definition) is 0. The van der Waals surface area contributed by atoms with Crippen LogP contribution >= 0.6 is 0 Å². The maximum Gasteiger partial charge on any atom is 0.234 e. The van der Waals surface area contributed by atoms with Gasteiger partial charge in [-0.05, 0) is 62.8 Å². The van der Waals surface area contributed by atoms with Crippen LogP contribution in [0.5, 0.6) is 0 Å². The minimum absolute atomic E-state index is 0.0378. The number of rotatable bonds is 4. The lowest BCUT2D eigenvalue weighted by Gasteiger charge is -2.36. The number of ketones is 1. The smallest absolute Gasteiger partial charge is 0.234 e. The minimum Gasteiger partial charge on any atom is -0.296 e. The molecule has 0 bridgehead atoms. The highest BCUT2D eigenvalue weighted by molar-refractivity contribution is 5.99. The Morgan fingerprint density at radius 1 is 1.25 bits per heavy atom. The van der Waals surface area contributed by atoms with Gasteiger partial charge in [0.1, 0.15) is 11.6 Å². The van der Waals surface area contributed by atoms with Crippen LogP contribution in [0.2, 0.25) is 0 Å². The number of halogens is 1. The predicted molar refractivity (Wildman–Crippen MR) is 106 cm³/mol. The van der Waals surface area contributed by atoms with E-state index in [-0.39, 0.29) is 23.0 Å². The van der Waals surface area contributed by atoms with Crippen molar-refractivity contribution in [2.24, 2.45) is 11.3 Å². The zero-order valence-electron chi connectivity index (χ0n) is 16.2. The first-order chi connectivity index (χ1) is 13.5. The fourth-order valence-electron chi connectivity index (χ4n) is 4.84. The molecular weight excluding hydrogens is 355 g/mol. The Kier molecular flexibility index (Phi) is 5.00. The van der Waals surface area contributed by atoms with Crippen molar-refractivity contribution in [2.75, 3.05) is 11.4 Å². The van der Waals surface area contributed by atoms with Crippen LogP contribution in [0.15, 0.2) is 42.5 Å². The summed E-state index contributed by atoms with van der Waals surface area (Å²) in [5.74, 6) is 0.606. The lowest BCUT2D eigenvalue weighted by molar-refractivity contribution is -0.128. The molecule has 1 amide bonds. The number of anilines is 1. The molecule has 1 aliphatic heterocycles. The molecule has 1 saturated heterocycles. The van der Waals surface area contributed by atoms with Gasteiger partial charge in [0.2, 0.25) is 5.91 Å². The molecule has 1 saturated carbocycles. The lowest BCUT2D eigenvalue weighted by Crippen LogP contribution is -2.39. The predicted octanol–water partition coefficient (Wildman–Crippen LogP) is 4.72. The Labute approximate surface area is 164 Å². The number of Topliss-reactive ketones (excluding diaryl/α,β-unsaturated/α-hetero) is 1. The molecule has 1 aromatic heterocycles. The van der Waals surface area contributed by atoms with Crippen molar-refractivity contribution in [3.8, 4) is 0 Å². The van der Waals surface area contributed by atoms with Crippen LogP contribution in [0.4, 0.5) is 10.2 Å². The van der Waals surface area contributed by atoms with Gasteiger partial charge in [0, 0.05) is 24.2 Å². The average molecular weight is 380 g/mol. The van der Waals surface area contributed by atoms with Crippen molar-refractivity contribution in [2.45, 2.75) is 45.4 Å². The van der Waals surface area contributed by atoms with Gasteiger partial charge >= 0.3 is 0 Å². The highest BCUT2D eigenvalue weighted by Crippen LogP contribution is 2.48. The quantitative estimate of drug-likeness (QED) is 0.722. The Hall–Kier alpha value is -2.56. The summed E-state index contributed by atoms with van der Waals surface area (Å²) in [6.45, 7) is 2.61. The van der Waals surface area contributed by atoms with E-state index in [1.165, 1.54) is 12.1 Å². The number of nitrogens with zero attached hydrogens (tertiary/aromatic N) is 2. The van der Waals surface area contributed by atoms with E-state index in [1.54, 1.807) is 12.1 Å². The molecule has 2 aliphatic rings. The molecule has 5 heteroatoms. The molecule has 0 unspecified atom stereocenters. The highest BCUT2D eigenvalue weighted by Gasteiger charge is 2.49. The third kappa shape index (κ3) is 3.58. The van der Waals surface area contributed by atoms with Gasteiger partial charge in [-0.1, -0.05) is 24.6 Å². The van der Waals surface area contributed by atoms with Crippen molar-refractivity contribution < 1.29 is 14.0 Å². The van der Waals surface area contributed by atoms with Crippen LogP contribution in [0, 0.1) is 24.1 Å². The van der Waals surface area contributed by atoms with Gasteiger partial charge in [0.15, 0.2) is 5.78 Å². The summed E-state index contributed by atoms with van der Waals surface area (Å²) in [5.41, 5.74) is 0.938. The average Bonchev–Trinajstić information content (AvgIpc) is 2.97. The molecule has 2 aromatic rings. The van der Waals surface area contributed by atoms with Gasteiger partial charge in [0.25, 0.3) is 0 Å². The first-order valence-corrected chi connectivity index (χ1v) is 10.0. The normalized spacial score (nSPS) is 24.7. The molecule has 2 heterocycles. The minimum atomic E-state index is -0.391. The second-order valence-electron chi connectivity index (χ2n) is 8.22. The van der Waals surface area contributed by atoms with Crippen LogP contribution in [-0.2, 0) is 4.79 Å². The fourth-order valence-corrected chi connectivity index (χ4v) is 4.84. The summed E-state index contributed by atoms with van der Waals surface area (Å²) in [6.07, 6.45) is 4.68. The van der Waals surface area contributed by atoms with E-state index in [0.29, 0.717) is 18.5 Å². The van der Waals surface area contributed by atoms with Crippen LogP contribution in [0.3, 0.4) is 0 Å². The molecule has 4 rings (SSSR count). The molecule has 0 N–H and O–H groups in total. The summed E-state index contributed by atoms with van der Waals surface area (Å²) in [5, 5.41) is 0. The third-order valence-corrected chi connectivity index (χ3v) is 6.23. The molecule has 1 aliphatic carbocycles. The summed E-state index contributed by atoms with van der Waals surface area (Å²) in [7, 11) is 0. The summed E-state index contributed by atoms with van der Waals surface area (Å²) in [4.78, 5) is 32.2. The molecule has 2 atom stereocenters. The maximum atomic E-state index is 13.4. The number of pyridine rings is 1. The molecule has 2 fully saturated rings. The van der Waals surface area contributed by atoms with E-state index < -0.39 is 5.82 Å². The Balaban J connectivity index is 1.47. The third-order valence-electron chi connectivity index (χ3n) is 6.23. The number of hydrogen-bond acceptors (Lipinski definition) is 3. The largest absolute Gasteiger partial charge is 0.296 e. The molecule has 1 aromatic carbocycles. The topological polar surface area (TPSA) is 50.3 Å². The first-order valence-electron chi connectivity index (χ1n) is 10.0. The van der Waals surface area contributed by atoms with Gasteiger partial charge in [-0.2, -0.15) is 0 Å². The highest BCUT2D eigenvalue weighted by atomic mass is 19.1. The molecule has 146 valence electrons. The Bertz CT molecular complexity index is 913. The van der Waals surface area contributed by atoms with E-state index >= 15 is 0 Å². The van der Waals surface area contributed by atoms with Gasteiger partial charge in [-0.15, -0.1) is 0 Å². The van der Waals surface area contributed by atoms with E-state index in [0.717, 1.165) is 43.6 Å². The first kappa shape index (κ1) is 18.8. The van der Waals surface area contributed by atoms with Crippen molar-refractivity contribution in [3.05, 3.63) is 59.5 Å². The van der Waals surface area contributed by atoms with Crippen molar-refractivity contribution in [3.63, 3.8) is 0 Å². The number of carbonyl (C=O) groups is 2. The molecule has 0 radical (unpaired) electrons. The summed E-state index contributed by atoms with van der Waals surface area (Å²) in [6, 6.07) is 11.6. The van der Waals surface area contributed by atoms with Crippen molar-refractivity contribution in [1.82, 2.24) is 4.98 Å². The second kappa shape index (κ2) is 7.46. The lowest BCUT2D eigenvalue weighted by atomic mass is 9.67.